The number of nitro benzene ring substituents is 1. The molecule has 0 aliphatic heterocycles. The molecule has 0 radical (unpaired) electrons. The number of nitrogens with zero attached hydrogens (tertiary/aromatic N) is 1. The van der Waals surface area contributed by atoms with Crippen LogP contribution >= 0.6 is 0 Å². The number of para-hydroxylation sites is 1. The first-order valence-electron chi connectivity index (χ1n) is 5.72. The van der Waals surface area contributed by atoms with Crippen molar-refractivity contribution in [3.63, 3.8) is 0 Å². The molecule has 1 aromatic carbocycles. The van der Waals surface area contributed by atoms with E-state index >= 15 is 0 Å². The Labute approximate surface area is 99.8 Å². The van der Waals surface area contributed by atoms with Gasteiger partial charge < -0.3 is 4.98 Å². The predicted octanol–water partition coefficient (Wildman–Crippen LogP) is 3.76. The van der Waals surface area contributed by atoms with E-state index in [1.807, 2.05) is 12.3 Å². The number of nitro groups is 1. The molecule has 1 heterocycles. The molecule has 0 atom stereocenters. The lowest BCUT2D eigenvalue weighted by Gasteiger charge is -2.21. The summed E-state index contributed by atoms with van der Waals surface area (Å²) in [5.74, 6) is 0. The standard InChI is InChI=1S/C13H16N2O2/c1-4-13(2,3)10-8-14-12-9(10)6-5-7-11(12)15(16)17/h5-8,14H,4H2,1-3H3. The highest BCUT2D eigenvalue weighted by Crippen LogP contribution is 2.35. The topological polar surface area (TPSA) is 58.9 Å². The molecular weight excluding hydrogens is 216 g/mol. The number of H-pyrrole nitrogens is 1. The number of benzene rings is 1. The molecule has 1 N–H and O–H groups in total. The number of non-ortho nitro benzene ring substituents is 1. The molecule has 0 saturated carbocycles. The van der Waals surface area contributed by atoms with Crippen LogP contribution in [0.15, 0.2) is 24.4 Å². The van der Waals surface area contributed by atoms with Crippen LogP contribution in [0, 0.1) is 10.1 Å². The summed E-state index contributed by atoms with van der Waals surface area (Å²) in [5, 5.41) is 11.9. The van der Waals surface area contributed by atoms with Crippen molar-refractivity contribution < 1.29 is 4.92 Å². The quantitative estimate of drug-likeness (QED) is 0.647. The molecule has 0 spiro atoms. The van der Waals surface area contributed by atoms with Crippen LogP contribution in [0.3, 0.4) is 0 Å². The van der Waals surface area contributed by atoms with Crippen LogP contribution in [0.4, 0.5) is 5.69 Å². The van der Waals surface area contributed by atoms with E-state index in [1.54, 1.807) is 6.07 Å². The van der Waals surface area contributed by atoms with Gasteiger partial charge >= 0.3 is 0 Å². The predicted molar refractivity (Wildman–Crippen MR) is 68.3 cm³/mol. The first-order chi connectivity index (χ1) is 7.97. The Morgan fingerprint density at radius 1 is 1.41 bits per heavy atom. The van der Waals surface area contributed by atoms with Crippen molar-refractivity contribution in [2.75, 3.05) is 0 Å². The monoisotopic (exact) mass is 232 g/mol. The molecule has 2 rings (SSSR count). The Hall–Kier alpha value is -1.84. The van der Waals surface area contributed by atoms with E-state index in [0.29, 0.717) is 5.52 Å². The highest BCUT2D eigenvalue weighted by molar-refractivity contribution is 5.91. The summed E-state index contributed by atoms with van der Waals surface area (Å²) in [4.78, 5) is 13.6. The van der Waals surface area contributed by atoms with Crippen LogP contribution in [0.25, 0.3) is 10.9 Å². The second kappa shape index (κ2) is 3.87. The number of aromatic amines is 1. The zero-order chi connectivity index (χ0) is 12.6. The number of fused-ring (bicyclic) bond motifs is 1. The third-order valence-electron chi connectivity index (χ3n) is 3.50. The smallest absolute Gasteiger partial charge is 0.293 e. The molecule has 0 aliphatic rings. The number of rotatable bonds is 3. The van der Waals surface area contributed by atoms with Crippen molar-refractivity contribution >= 4 is 16.6 Å². The van der Waals surface area contributed by atoms with Crippen molar-refractivity contribution in [3.05, 3.63) is 40.1 Å². The Morgan fingerprint density at radius 3 is 2.71 bits per heavy atom. The van der Waals surface area contributed by atoms with E-state index in [4.69, 9.17) is 0 Å². The molecule has 0 saturated heterocycles. The van der Waals surface area contributed by atoms with E-state index < -0.39 is 0 Å². The first kappa shape index (κ1) is 11.6. The third-order valence-corrected chi connectivity index (χ3v) is 3.50. The maximum atomic E-state index is 10.9. The summed E-state index contributed by atoms with van der Waals surface area (Å²) in [6.07, 6.45) is 2.88. The second-order valence-corrected chi connectivity index (χ2v) is 4.90. The minimum Gasteiger partial charge on any atom is -0.355 e. The van der Waals surface area contributed by atoms with Crippen molar-refractivity contribution in [1.82, 2.24) is 4.98 Å². The van der Waals surface area contributed by atoms with Gasteiger partial charge in [0.1, 0.15) is 5.52 Å². The number of hydrogen-bond donors (Lipinski definition) is 1. The lowest BCUT2D eigenvalue weighted by atomic mass is 9.82. The minimum absolute atomic E-state index is 0.0213. The SMILES string of the molecule is CCC(C)(C)c1c[nH]c2c([N+](=O)[O-])cccc12. The molecule has 90 valence electrons. The lowest BCUT2D eigenvalue weighted by Crippen LogP contribution is -2.14. The summed E-state index contributed by atoms with van der Waals surface area (Å²) < 4.78 is 0. The van der Waals surface area contributed by atoms with Crippen molar-refractivity contribution in [3.8, 4) is 0 Å². The van der Waals surface area contributed by atoms with Crippen molar-refractivity contribution in [2.24, 2.45) is 0 Å². The van der Waals surface area contributed by atoms with Crippen LogP contribution < -0.4 is 0 Å². The molecule has 1 aromatic heterocycles. The fraction of sp³-hybridized carbons (Fsp3) is 0.385. The van der Waals surface area contributed by atoms with Gasteiger partial charge in [0.15, 0.2) is 0 Å². The van der Waals surface area contributed by atoms with Gasteiger partial charge in [-0.05, 0) is 17.4 Å². The molecule has 2 aromatic rings. The zero-order valence-electron chi connectivity index (χ0n) is 10.3. The molecule has 0 bridgehead atoms. The molecule has 0 amide bonds. The number of nitrogens with one attached hydrogen (secondary N) is 1. The fourth-order valence-electron chi connectivity index (χ4n) is 2.04. The third kappa shape index (κ3) is 1.79. The average molecular weight is 232 g/mol. The van der Waals surface area contributed by atoms with Crippen LogP contribution in [0.5, 0.6) is 0 Å². The fourth-order valence-corrected chi connectivity index (χ4v) is 2.04. The van der Waals surface area contributed by atoms with E-state index in [0.717, 1.165) is 17.4 Å². The van der Waals surface area contributed by atoms with E-state index in [1.165, 1.54) is 6.07 Å². The maximum absolute atomic E-state index is 10.9. The lowest BCUT2D eigenvalue weighted by molar-refractivity contribution is -0.383. The van der Waals surface area contributed by atoms with Crippen molar-refractivity contribution in [1.29, 1.82) is 0 Å². The summed E-state index contributed by atoms with van der Waals surface area (Å²) in [5.41, 5.74) is 1.92. The second-order valence-electron chi connectivity index (χ2n) is 4.90. The summed E-state index contributed by atoms with van der Waals surface area (Å²) in [6.45, 7) is 6.42. The molecule has 4 heteroatoms. The van der Waals surface area contributed by atoms with Gasteiger partial charge in [-0.1, -0.05) is 32.9 Å². The largest absolute Gasteiger partial charge is 0.355 e. The highest BCUT2D eigenvalue weighted by atomic mass is 16.6. The van der Waals surface area contributed by atoms with Gasteiger partial charge in [-0.25, -0.2) is 0 Å². The average Bonchev–Trinajstić information content (AvgIpc) is 2.72. The van der Waals surface area contributed by atoms with Crippen LogP contribution in [-0.4, -0.2) is 9.91 Å². The normalized spacial score (nSPS) is 11.9. The van der Waals surface area contributed by atoms with Gasteiger partial charge in [0, 0.05) is 17.6 Å². The Balaban J connectivity index is 2.71. The first-order valence-corrected chi connectivity index (χ1v) is 5.72. The Bertz CT molecular complexity index is 570. The summed E-state index contributed by atoms with van der Waals surface area (Å²) >= 11 is 0. The van der Waals surface area contributed by atoms with Crippen LogP contribution in [0.1, 0.15) is 32.8 Å². The van der Waals surface area contributed by atoms with E-state index in [9.17, 15) is 10.1 Å². The zero-order valence-corrected chi connectivity index (χ0v) is 10.3. The maximum Gasteiger partial charge on any atom is 0.293 e. The van der Waals surface area contributed by atoms with Gasteiger partial charge in [-0.2, -0.15) is 0 Å². The number of aromatic nitrogens is 1. The van der Waals surface area contributed by atoms with Gasteiger partial charge in [0.25, 0.3) is 5.69 Å². The van der Waals surface area contributed by atoms with Gasteiger partial charge in [0.05, 0.1) is 4.92 Å². The van der Waals surface area contributed by atoms with Gasteiger partial charge in [0.2, 0.25) is 0 Å². The molecule has 0 fully saturated rings. The Morgan fingerprint density at radius 2 is 2.12 bits per heavy atom. The number of hydrogen-bond acceptors (Lipinski definition) is 2. The van der Waals surface area contributed by atoms with Crippen molar-refractivity contribution in [2.45, 2.75) is 32.6 Å². The molecule has 0 aliphatic carbocycles. The summed E-state index contributed by atoms with van der Waals surface area (Å²) in [7, 11) is 0. The molecule has 0 unspecified atom stereocenters. The van der Waals surface area contributed by atoms with E-state index in [2.05, 4.69) is 25.8 Å². The van der Waals surface area contributed by atoms with E-state index in [-0.39, 0.29) is 16.0 Å². The highest BCUT2D eigenvalue weighted by Gasteiger charge is 2.24. The van der Waals surface area contributed by atoms with Crippen LogP contribution in [0.2, 0.25) is 0 Å². The summed E-state index contributed by atoms with van der Waals surface area (Å²) in [6, 6.07) is 5.21. The molecular formula is C13H16N2O2. The van der Waals surface area contributed by atoms with Gasteiger partial charge in [-0.15, -0.1) is 0 Å². The molecule has 17 heavy (non-hydrogen) atoms. The van der Waals surface area contributed by atoms with Crippen LogP contribution in [-0.2, 0) is 5.41 Å². The minimum atomic E-state index is -0.346. The van der Waals surface area contributed by atoms with Gasteiger partial charge in [-0.3, -0.25) is 10.1 Å². The molecule has 4 nitrogen and oxygen atoms in total. The Kier molecular flexibility index (Phi) is 2.65.